The summed E-state index contributed by atoms with van der Waals surface area (Å²) in [5, 5.41) is 0. The van der Waals surface area contributed by atoms with Crippen LogP contribution >= 0.6 is 0 Å². The molecule has 0 radical (unpaired) electrons. The first-order chi connectivity index (χ1) is 5.73. The lowest BCUT2D eigenvalue weighted by atomic mass is 9.92. The Bertz CT molecular complexity index is 242. The van der Waals surface area contributed by atoms with Crippen molar-refractivity contribution in [2.75, 3.05) is 0 Å². The van der Waals surface area contributed by atoms with Crippen LogP contribution in [0.25, 0.3) is 0 Å². The third-order valence-corrected chi connectivity index (χ3v) is 3.28. The summed E-state index contributed by atoms with van der Waals surface area (Å²) in [5.74, 6) is 0.833. The Morgan fingerprint density at radius 1 is 1.25 bits per heavy atom. The van der Waals surface area contributed by atoms with Gasteiger partial charge in [-0.15, -0.1) is 0 Å². The number of nitrogens with zero attached hydrogens (tertiary/aromatic N) is 1. The smallest absolute Gasteiger partial charge is 0.0278 e. The molecule has 1 aliphatic rings. The van der Waals surface area contributed by atoms with Gasteiger partial charge in [0.25, 0.3) is 0 Å². The molecule has 2 rings (SSSR count). The summed E-state index contributed by atoms with van der Waals surface area (Å²) in [4.78, 5) is 0. The van der Waals surface area contributed by atoms with Crippen LogP contribution in [0.2, 0.25) is 0 Å². The second-order valence-corrected chi connectivity index (χ2v) is 4.37. The van der Waals surface area contributed by atoms with Crippen molar-refractivity contribution in [3.05, 3.63) is 24.5 Å². The highest BCUT2D eigenvalue weighted by Gasteiger charge is 2.45. The molecule has 1 aromatic heterocycles. The van der Waals surface area contributed by atoms with E-state index in [1.807, 2.05) is 0 Å². The standard InChI is InChI=1S/C11H17N/c1-10(2)11(5-6-11)9-12-7-3-4-8-12/h3-4,7-8,10H,5-6,9H2,1-2H3. The van der Waals surface area contributed by atoms with Gasteiger partial charge >= 0.3 is 0 Å². The average Bonchev–Trinajstić information content (AvgIpc) is 2.60. The molecule has 1 heteroatoms. The van der Waals surface area contributed by atoms with E-state index < -0.39 is 0 Å². The fourth-order valence-corrected chi connectivity index (χ4v) is 1.92. The maximum atomic E-state index is 2.34. The van der Waals surface area contributed by atoms with E-state index >= 15 is 0 Å². The van der Waals surface area contributed by atoms with E-state index in [9.17, 15) is 0 Å². The molecule has 1 saturated carbocycles. The summed E-state index contributed by atoms with van der Waals surface area (Å²) in [5.41, 5.74) is 0.638. The molecule has 0 aliphatic heterocycles. The maximum absolute atomic E-state index is 2.34. The lowest BCUT2D eigenvalue weighted by molar-refractivity contribution is 0.309. The van der Waals surface area contributed by atoms with E-state index in [0.717, 1.165) is 5.92 Å². The second-order valence-electron chi connectivity index (χ2n) is 4.37. The molecule has 0 aromatic carbocycles. The fraction of sp³-hybridized carbons (Fsp3) is 0.636. The number of rotatable bonds is 3. The molecule has 1 heterocycles. The molecule has 1 nitrogen and oxygen atoms in total. The van der Waals surface area contributed by atoms with Crippen LogP contribution in [0.1, 0.15) is 26.7 Å². The zero-order valence-electron chi connectivity index (χ0n) is 7.96. The highest BCUT2D eigenvalue weighted by atomic mass is 15.0. The lowest BCUT2D eigenvalue weighted by Crippen LogP contribution is -2.16. The lowest BCUT2D eigenvalue weighted by Gasteiger charge is -2.19. The van der Waals surface area contributed by atoms with E-state index in [2.05, 4.69) is 42.9 Å². The molecule has 0 atom stereocenters. The van der Waals surface area contributed by atoms with Crippen LogP contribution in [-0.2, 0) is 6.54 Å². The molecule has 1 aromatic rings. The minimum absolute atomic E-state index is 0.638. The third-order valence-electron chi connectivity index (χ3n) is 3.28. The Hall–Kier alpha value is -0.720. The topological polar surface area (TPSA) is 4.93 Å². The summed E-state index contributed by atoms with van der Waals surface area (Å²) in [6.45, 7) is 5.91. The van der Waals surface area contributed by atoms with Gasteiger partial charge in [-0.2, -0.15) is 0 Å². The molecule has 0 spiro atoms. The molecular weight excluding hydrogens is 146 g/mol. The maximum Gasteiger partial charge on any atom is 0.0278 e. The van der Waals surface area contributed by atoms with Crippen molar-refractivity contribution in [3.63, 3.8) is 0 Å². The average molecular weight is 163 g/mol. The van der Waals surface area contributed by atoms with Crippen molar-refractivity contribution in [3.8, 4) is 0 Å². The summed E-state index contributed by atoms with van der Waals surface area (Å²) < 4.78 is 2.31. The van der Waals surface area contributed by atoms with Crippen LogP contribution in [0.15, 0.2) is 24.5 Å². The van der Waals surface area contributed by atoms with E-state index in [1.54, 1.807) is 0 Å². The first kappa shape index (κ1) is 7.90. The second kappa shape index (κ2) is 2.65. The quantitative estimate of drug-likeness (QED) is 0.645. The number of hydrogen-bond acceptors (Lipinski definition) is 0. The van der Waals surface area contributed by atoms with Gasteiger partial charge in [0.1, 0.15) is 0 Å². The van der Waals surface area contributed by atoms with E-state index in [0.29, 0.717) is 5.41 Å². The molecule has 12 heavy (non-hydrogen) atoms. The van der Waals surface area contributed by atoms with E-state index in [-0.39, 0.29) is 0 Å². The highest BCUT2D eigenvalue weighted by Crippen LogP contribution is 2.53. The minimum Gasteiger partial charge on any atom is -0.354 e. The van der Waals surface area contributed by atoms with Crippen molar-refractivity contribution < 1.29 is 0 Å². The monoisotopic (exact) mass is 163 g/mol. The fourth-order valence-electron chi connectivity index (χ4n) is 1.92. The highest BCUT2D eigenvalue weighted by molar-refractivity contribution is 4.99. The van der Waals surface area contributed by atoms with Crippen molar-refractivity contribution in [1.82, 2.24) is 4.57 Å². The van der Waals surface area contributed by atoms with Gasteiger partial charge in [0.05, 0.1) is 0 Å². The van der Waals surface area contributed by atoms with Crippen molar-refractivity contribution in [2.24, 2.45) is 11.3 Å². The van der Waals surface area contributed by atoms with Crippen LogP contribution in [0.3, 0.4) is 0 Å². The Labute approximate surface area is 74.4 Å². The summed E-state index contributed by atoms with van der Waals surface area (Å²) in [7, 11) is 0. The van der Waals surface area contributed by atoms with E-state index in [4.69, 9.17) is 0 Å². The Balaban J connectivity index is 2.04. The number of hydrogen-bond donors (Lipinski definition) is 0. The molecule has 0 saturated heterocycles. The first-order valence-corrected chi connectivity index (χ1v) is 4.84. The van der Waals surface area contributed by atoms with Crippen LogP contribution < -0.4 is 0 Å². The normalized spacial score (nSPS) is 19.9. The van der Waals surface area contributed by atoms with E-state index in [1.165, 1.54) is 19.4 Å². The zero-order chi connectivity index (χ0) is 8.60. The predicted octanol–water partition coefficient (Wildman–Crippen LogP) is 2.92. The zero-order valence-corrected chi connectivity index (χ0v) is 7.96. The van der Waals surface area contributed by atoms with Gasteiger partial charge in [0.15, 0.2) is 0 Å². The van der Waals surface area contributed by atoms with Gasteiger partial charge in [-0.1, -0.05) is 13.8 Å². The van der Waals surface area contributed by atoms with Gasteiger partial charge in [-0.05, 0) is 36.3 Å². The summed E-state index contributed by atoms with van der Waals surface area (Å²) in [6.07, 6.45) is 7.18. The summed E-state index contributed by atoms with van der Waals surface area (Å²) in [6, 6.07) is 4.22. The summed E-state index contributed by atoms with van der Waals surface area (Å²) >= 11 is 0. The van der Waals surface area contributed by atoms with Crippen molar-refractivity contribution in [2.45, 2.75) is 33.2 Å². The SMILES string of the molecule is CC(C)C1(Cn2cccc2)CC1. The first-order valence-electron chi connectivity index (χ1n) is 4.84. The van der Waals surface area contributed by atoms with Gasteiger partial charge < -0.3 is 4.57 Å². The van der Waals surface area contributed by atoms with Crippen LogP contribution in [-0.4, -0.2) is 4.57 Å². The largest absolute Gasteiger partial charge is 0.354 e. The van der Waals surface area contributed by atoms with Crippen LogP contribution in [0, 0.1) is 11.3 Å². The van der Waals surface area contributed by atoms with Gasteiger partial charge in [-0.3, -0.25) is 0 Å². The third kappa shape index (κ3) is 1.28. The van der Waals surface area contributed by atoms with Crippen molar-refractivity contribution in [1.29, 1.82) is 0 Å². The Morgan fingerprint density at radius 3 is 2.25 bits per heavy atom. The van der Waals surface area contributed by atoms with Crippen molar-refractivity contribution >= 4 is 0 Å². The molecule has 0 N–H and O–H groups in total. The molecule has 0 amide bonds. The molecule has 0 bridgehead atoms. The Morgan fingerprint density at radius 2 is 1.83 bits per heavy atom. The predicted molar refractivity (Wildman–Crippen MR) is 50.9 cm³/mol. The molecule has 66 valence electrons. The minimum atomic E-state index is 0.638. The number of aromatic nitrogens is 1. The molecule has 1 aliphatic carbocycles. The molecular formula is C11H17N. The van der Waals surface area contributed by atoms with Gasteiger partial charge in [0, 0.05) is 18.9 Å². The van der Waals surface area contributed by atoms with Gasteiger partial charge in [0.2, 0.25) is 0 Å². The van der Waals surface area contributed by atoms with Gasteiger partial charge in [-0.25, -0.2) is 0 Å². The van der Waals surface area contributed by atoms with Crippen LogP contribution in [0.5, 0.6) is 0 Å². The van der Waals surface area contributed by atoms with Crippen LogP contribution in [0.4, 0.5) is 0 Å². The Kier molecular flexibility index (Phi) is 1.75. The molecule has 0 unspecified atom stereocenters. The molecule has 1 fully saturated rings.